The summed E-state index contributed by atoms with van der Waals surface area (Å²) in [5, 5.41) is 4.23. The van der Waals surface area contributed by atoms with Crippen molar-refractivity contribution in [1.29, 1.82) is 0 Å². The Morgan fingerprint density at radius 3 is 2.88 bits per heavy atom. The van der Waals surface area contributed by atoms with Gasteiger partial charge in [0.2, 0.25) is 0 Å². The summed E-state index contributed by atoms with van der Waals surface area (Å²) in [5.74, 6) is 2.12. The van der Waals surface area contributed by atoms with Gasteiger partial charge in [-0.15, -0.1) is 0 Å². The van der Waals surface area contributed by atoms with Crippen LogP contribution in [0, 0.1) is 6.92 Å². The first-order valence-corrected chi connectivity index (χ1v) is 6.86. The van der Waals surface area contributed by atoms with E-state index in [1.165, 1.54) is 19.3 Å². The second-order valence-corrected chi connectivity index (χ2v) is 5.38. The third kappa shape index (κ3) is 2.78. The number of thioether (sulfide) groups is 1. The average molecular weight is 238 g/mol. The lowest BCUT2D eigenvalue weighted by atomic mass is 10.2. The van der Waals surface area contributed by atoms with Crippen LogP contribution >= 0.6 is 11.8 Å². The molecule has 0 aliphatic heterocycles. The lowest BCUT2D eigenvalue weighted by Crippen LogP contribution is -2.17. The zero-order chi connectivity index (χ0) is 11.5. The standard InChI is InChI=1S/C11H18N4S/c1-7-13-10(12)6-11(14-7)15-8-3-4-9(5-8)16-2/h6,8-9H,3-5H2,1-2H3,(H3,12,13,14,15). The van der Waals surface area contributed by atoms with Crippen molar-refractivity contribution in [2.45, 2.75) is 37.5 Å². The Hall–Kier alpha value is -0.970. The monoisotopic (exact) mass is 238 g/mol. The van der Waals surface area contributed by atoms with Crippen LogP contribution in [0.5, 0.6) is 0 Å². The van der Waals surface area contributed by atoms with E-state index < -0.39 is 0 Å². The largest absolute Gasteiger partial charge is 0.384 e. The van der Waals surface area contributed by atoms with E-state index in [2.05, 4.69) is 21.5 Å². The van der Waals surface area contributed by atoms with Crippen molar-refractivity contribution in [3.63, 3.8) is 0 Å². The zero-order valence-corrected chi connectivity index (χ0v) is 10.5. The molecule has 1 aromatic heterocycles. The van der Waals surface area contributed by atoms with Crippen molar-refractivity contribution < 1.29 is 0 Å². The minimum absolute atomic E-state index is 0.533. The van der Waals surface area contributed by atoms with E-state index in [-0.39, 0.29) is 0 Å². The minimum atomic E-state index is 0.533. The molecule has 1 aromatic rings. The third-order valence-corrected chi connectivity index (χ3v) is 4.02. The summed E-state index contributed by atoms with van der Waals surface area (Å²) in [6.45, 7) is 1.86. The molecule has 4 nitrogen and oxygen atoms in total. The number of rotatable bonds is 3. The summed E-state index contributed by atoms with van der Waals surface area (Å²) < 4.78 is 0. The molecule has 88 valence electrons. The van der Waals surface area contributed by atoms with E-state index in [0.29, 0.717) is 11.9 Å². The SMILES string of the molecule is CSC1CCC(Nc2cc(N)nc(C)n2)C1. The Morgan fingerprint density at radius 1 is 1.44 bits per heavy atom. The lowest BCUT2D eigenvalue weighted by molar-refractivity contribution is 0.750. The van der Waals surface area contributed by atoms with Gasteiger partial charge < -0.3 is 11.1 Å². The molecule has 2 atom stereocenters. The van der Waals surface area contributed by atoms with Crippen LogP contribution in [-0.4, -0.2) is 27.5 Å². The van der Waals surface area contributed by atoms with Gasteiger partial charge in [0.1, 0.15) is 17.5 Å². The number of aromatic nitrogens is 2. The van der Waals surface area contributed by atoms with Crippen molar-refractivity contribution in [2.24, 2.45) is 0 Å². The predicted molar refractivity (Wildman–Crippen MR) is 69.7 cm³/mol. The molecular weight excluding hydrogens is 220 g/mol. The topological polar surface area (TPSA) is 63.8 Å². The van der Waals surface area contributed by atoms with E-state index >= 15 is 0 Å². The number of aryl methyl sites for hydroxylation is 1. The predicted octanol–water partition coefficient (Wildman–Crippen LogP) is 2.06. The van der Waals surface area contributed by atoms with Crippen LogP contribution in [-0.2, 0) is 0 Å². The zero-order valence-electron chi connectivity index (χ0n) is 9.73. The van der Waals surface area contributed by atoms with Crippen molar-refractivity contribution in [1.82, 2.24) is 9.97 Å². The van der Waals surface area contributed by atoms with Crippen LogP contribution < -0.4 is 11.1 Å². The summed E-state index contributed by atoms with van der Waals surface area (Å²) >= 11 is 1.96. The van der Waals surface area contributed by atoms with Crippen LogP contribution in [0.3, 0.4) is 0 Å². The number of nitrogens with zero attached hydrogens (tertiary/aromatic N) is 2. The fourth-order valence-electron chi connectivity index (χ4n) is 2.16. The van der Waals surface area contributed by atoms with Gasteiger partial charge in [-0.3, -0.25) is 0 Å². The van der Waals surface area contributed by atoms with Crippen LogP contribution in [0.1, 0.15) is 25.1 Å². The Morgan fingerprint density at radius 2 is 2.25 bits per heavy atom. The molecule has 0 aromatic carbocycles. The van der Waals surface area contributed by atoms with Gasteiger partial charge in [0.15, 0.2) is 0 Å². The van der Waals surface area contributed by atoms with Crippen molar-refractivity contribution in [3.8, 4) is 0 Å². The van der Waals surface area contributed by atoms with Gasteiger partial charge in [0, 0.05) is 17.4 Å². The van der Waals surface area contributed by atoms with Gasteiger partial charge in [0.25, 0.3) is 0 Å². The summed E-state index contributed by atoms with van der Waals surface area (Å²) in [6, 6.07) is 2.34. The van der Waals surface area contributed by atoms with E-state index in [0.717, 1.165) is 16.9 Å². The van der Waals surface area contributed by atoms with E-state index in [1.54, 1.807) is 6.07 Å². The smallest absolute Gasteiger partial charge is 0.132 e. The molecule has 0 radical (unpaired) electrons. The number of anilines is 2. The summed E-state index contributed by atoms with van der Waals surface area (Å²) in [6.07, 6.45) is 5.90. The molecule has 1 fully saturated rings. The highest BCUT2D eigenvalue weighted by atomic mass is 32.2. The minimum Gasteiger partial charge on any atom is -0.384 e. The van der Waals surface area contributed by atoms with E-state index in [9.17, 15) is 0 Å². The molecule has 2 rings (SSSR count). The quantitative estimate of drug-likeness (QED) is 0.844. The maximum Gasteiger partial charge on any atom is 0.132 e. The van der Waals surface area contributed by atoms with Gasteiger partial charge in [-0.05, 0) is 32.4 Å². The summed E-state index contributed by atoms with van der Waals surface area (Å²) in [7, 11) is 0. The fourth-order valence-corrected chi connectivity index (χ4v) is 2.96. The molecule has 1 aliphatic carbocycles. The van der Waals surface area contributed by atoms with Crippen molar-refractivity contribution in [2.75, 3.05) is 17.3 Å². The van der Waals surface area contributed by atoms with Crippen molar-refractivity contribution in [3.05, 3.63) is 11.9 Å². The first-order valence-electron chi connectivity index (χ1n) is 5.58. The van der Waals surface area contributed by atoms with Crippen LogP contribution in [0.2, 0.25) is 0 Å². The molecule has 0 saturated heterocycles. The molecule has 2 unspecified atom stereocenters. The molecule has 0 spiro atoms. The number of nitrogens with two attached hydrogens (primary N) is 1. The van der Waals surface area contributed by atoms with Crippen molar-refractivity contribution >= 4 is 23.4 Å². The Kier molecular flexibility index (Phi) is 3.53. The molecule has 1 aliphatic rings. The summed E-state index contributed by atoms with van der Waals surface area (Å²) in [4.78, 5) is 8.40. The van der Waals surface area contributed by atoms with Crippen LogP contribution in [0.15, 0.2) is 6.07 Å². The Labute approximate surface area is 100 Å². The number of nitrogens with one attached hydrogen (secondary N) is 1. The molecular formula is C11H18N4S. The summed E-state index contributed by atoms with van der Waals surface area (Å²) in [5.41, 5.74) is 5.69. The maximum atomic E-state index is 5.69. The second kappa shape index (κ2) is 4.91. The normalized spacial score (nSPS) is 24.6. The molecule has 5 heteroatoms. The highest BCUT2D eigenvalue weighted by molar-refractivity contribution is 7.99. The fraction of sp³-hybridized carbons (Fsp3) is 0.636. The van der Waals surface area contributed by atoms with Gasteiger partial charge >= 0.3 is 0 Å². The molecule has 3 N–H and O–H groups in total. The van der Waals surface area contributed by atoms with Crippen LogP contribution in [0.25, 0.3) is 0 Å². The molecule has 1 saturated carbocycles. The molecule has 1 heterocycles. The number of nitrogen functional groups attached to an aromatic ring is 1. The highest BCUT2D eigenvalue weighted by Crippen LogP contribution is 2.29. The average Bonchev–Trinajstić information content (AvgIpc) is 2.64. The van der Waals surface area contributed by atoms with E-state index in [1.807, 2.05) is 18.7 Å². The second-order valence-electron chi connectivity index (χ2n) is 4.24. The van der Waals surface area contributed by atoms with Gasteiger partial charge in [-0.1, -0.05) is 0 Å². The lowest BCUT2D eigenvalue weighted by Gasteiger charge is -2.13. The maximum absolute atomic E-state index is 5.69. The van der Waals surface area contributed by atoms with E-state index in [4.69, 9.17) is 5.73 Å². The van der Waals surface area contributed by atoms with Gasteiger partial charge in [-0.25, -0.2) is 9.97 Å². The molecule has 0 bridgehead atoms. The van der Waals surface area contributed by atoms with Crippen LogP contribution in [0.4, 0.5) is 11.6 Å². The first-order chi connectivity index (χ1) is 7.67. The molecule has 0 amide bonds. The third-order valence-electron chi connectivity index (χ3n) is 2.93. The Bertz CT molecular complexity index is 349. The van der Waals surface area contributed by atoms with Gasteiger partial charge in [0.05, 0.1) is 0 Å². The Balaban J connectivity index is 1.99. The number of hydrogen-bond donors (Lipinski definition) is 2. The first kappa shape index (κ1) is 11.5. The van der Waals surface area contributed by atoms with Gasteiger partial charge in [-0.2, -0.15) is 11.8 Å². The number of hydrogen-bond acceptors (Lipinski definition) is 5. The molecule has 16 heavy (non-hydrogen) atoms. The highest BCUT2D eigenvalue weighted by Gasteiger charge is 2.23.